The fraction of sp³-hybridized carbons (Fsp3) is 0.444. The average Bonchev–Trinajstić information content (AvgIpc) is 2.62. The van der Waals surface area contributed by atoms with Gasteiger partial charge in [-0.15, -0.1) is 0 Å². The molecule has 6 nitrogen and oxygen atoms in total. The highest BCUT2D eigenvalue weighted by molar-refractivity contribution is 5.24. The molecule has 0 unspecified atom stereocenters. The van der Waals surface area contributed by atoms with Crippen molar-refractivity contribution < 1.29 is 9.84 Å². The summed E-state index contributed by atoms with van der Waals surface area (Å²) >= 11 is 0. The number of nitrogens with one attached hydrogen (secondary N) is 2. The van der Waals surface area contributed by atoms with Gasteiger partial charge in [-0.1, -0.05) is 31.5 Å². The van der Waals surface area contributed by atoms with Crippen molar-refractivity contribution in [2.75, 3.05) is 31.6 Å². The predicted octanol–water partition coefficient (Wildman–Crippen LogP) is 1.87. The van der Waals surface area contributed by atoms with Gasteiger partial charge in [-0.3, -0.25) is 0 Å². The molecule has 1 heterocycles. The molecule has 6 heteroatoms. The van der Waals surface area contributed by atoms with Crippen LogP contribution in [0.5, 0.6) is 5.75 Å². The topological polar surface area (TPSA) is 79.3 Å². The molecule has 2 rings (SSSR count). The van der Waals surface area contributed by atoms with Crippen LogP contribution < -0.4 is 15.4 Å². The van der Waals surface area contributed by atoms with Gasteiger partial charge in [0, 0.05) is 32.0 Å². The van der Waals surface area contributed by atoms with Crippen molar-refractivity contribution in [3.8, 4) is 5.75 Å². The number of para-hydroxylation sites is 1. The van der Waals surface area contributed by atoms with Gasteiger partial charge in [-0.2, -0.15) is 0 Å². The smallest absolute Gasteiger partial charge is 0.222 e. The molecule has 0 aliphatic rings. The van der Waals surface area contributed by atoms with Gasteiger partial charge in [0.1, 0.15) is 18.5 Å². The summed E-state index contributed by atoms with van der Waals surface area (Å²) < 4.78 is 5.50. The van der Waals surface area contributed by atoms with E-state index in [1.807, 2.05) is 42.7 Å². The summed E-state index contributed by atoms with van der Waals surface area (Å²) in [5.74, 6) is 1.39. The quantitative estimate of drug-likeness (QED) is 0.546. The van der Waals surface area contributed by atoms with Gasteiger partial charge in [0.05, 0.1) is 0 Å². The second-order valence-corrected chi connectivity index (χ2v) is 5.57. The summed E-state index contributed by atoms with van der Waals surface area (Å²) in [6.45, 7) is 4.29. The number of rotatable bonds is 11. The molecule has 0 fully saturated rings. The molecule has 130 valence electrons. The van der Waals surface area contributed by atoms with Crippen molar-refractivity contribution in [2.45, 2.75) is 25.9 Å². The minimum Gasteiger partial charge on any atom is -0.491 e. The molecular weight excluding hydrogens is 304 g/mol. The van der Waals surface area contributed by atoms with Gasteiger partial charge in [-0.25, -0.2) is 9.97 Å². The highest BCUT2D eigenvalue weighted by Gasteiger charge is 2.04. The van der Waals surface area contributed by atoms with Gasteiger partial charge >= 0.3 is 0 Å². The Balaban J connectivity index is 1.54. The number of aromatic nitrogens is 2. The molecule has 1 aromatic carbocycles. The lowest BCUT2D eigenvalue weighted by Crippen LogP contribution is -2.34. The molecule has 0 radical (unpaired) electrons. The standard InChI is InChI=1S/C18H26N4O2/c1-2-6-15-11-21-18(22-12-15)20-10-9-19-13-16(23)14-24-17-7-4-3-5-8-17/h3-5,7-8,11-12,16,19,23H,2,6,9-10,13-14H2,1H3,(H,20,21,22)/t16-/m0/s1. The van der Waals surface area contributed by atoms with Crippen LogP contribution in [0.2, 0.25) is 0 Å². The molecule has 0 aliphatic carbocycles. The predicted molar refractivity (Wildman–Crippen MR) is 95.3 cm³/mol. The van der Waals surface area contributed by atoms with Gasteiger partial charge in [0.25, 0.3) is 0 Å². The number of hydrogen-bond acceptors (Lipinski definition) is 6. The van der Waals surface area contributed by atoms with E-state index in [0.29, 0.717) is 25.6 Å². The molecule has 2 aromatic rings. The first-order valence-electron chi connectivity index (χ1n) is 8.39. The van der Waals surface area contributed by atoms with Gasteiger partial charge in [0.2, 0.25) is 5.95 Å². The van der Waals surface area contributed by atoms with E-state index in [0.717, 1.165) is 24.2 Å². The number of aryl methyl sites for hydroxylation is 1. The summed E-state index contributed by atoms with van der Waals surface area (Å²) in [6.07, 6.45) is 5.27. The molecule has 1 aromatic heterocycles. The minimum absolute atomic E-state index is 0.270. The summed E-state index contributed by atoms with van der Waals surface area (Å²) in [5.41, 5.74) is 1.16. The van der Waals surface area contributed by atoms with Crippen LogP contribution >= 0.6 is 0 Å². The summed E-state index contributed by atoms with van der Waals surface area (Å²) in [4.78, 5) is 8.55. The first-order chi connectivity index (χ1) is 11.8. The normalized spacial score (nSPS) is 11.9. The average molecular weight is 330 g/mol. The van der Waals surface area contributed by atoms with Crippen LogP contribution in [0.4, 0.5) is 5.95 Å². The van der Waals surface area contributed by atoms with Crippen LogP contribution in [0, 0.1) is 0 Å². The van der Waals surface area contributed by atoms with E-state index in [-0.39, 0.29) is 6.61 Å². The van der Waals surface area contributed by atoms with Crippen LogP contribution in [-0.4, -0.2) is 47.4 Å². The van der Waals surface area contributed by atoms with Crippen LogP contribution in [0.25, 0.3) is 0 Å². The fourth-order valence-corrected chi connectivity index (χ4v) is 2.16. The Morgan fingerprint density at radius 1 is 1.12 bits per heavy atom. The molecule has 0 saturated carbocycles. The number of hydrogen-bond donors (Lipinski definition) is 3. The zero-order valence-electron chi connectivity index (χ0n) is 14.1. The Labute approximate surface area is 143 Å². The van der Waals surface area contributed by atoms with E-state index in [1.54, 1.807) is 0 Å². The first kappa shape index (κ1) is 18.2. The van der Waals surface area contributed by atoms with E-state index in [4.69, 9.17) is 4.74 Å². The number of benzene rings is 1. The van der Waals surface area contributed by atoms with Crippen LogP contribution in [0.15, 0.2) is 42.7 Å². The van der Waals surface area contributed by atoms with Gasteiger partial charge in [-0.05, 0) is 24.1 Å². The Kier molecular flexibility index (Phi) is 8.00. The zero-order valence-corrected chi connectivity index (χ0v) is 14.1. The van der Waals surface area contributed by atoms with Crippen LogP contribution in [0.1, 0.15) is 18.9 Å². The van der Waals surface area contributed by atoms with Gasteiger partial charge in [0.15, 0.2) is 0 Å². The van der Waals surface area contributed by atoms with Crippen molar-refractivity contribution in [1.82, 2.24) is 15.3 Å². The van der Waals surface area contributed by atoms with E-state index in [1.165, 1.54) is 0 Å². The molecule has 0 saturated heterocycles. The molecular formula is C18H26N4O2. The van der Waals surface area contributed by atoms with Crippen molar-refractivity contribution >= 4 is 5.95 Å². The number of nitrogens with zero attached hydrogens (tertiary/aromatic N) is 2. The molecule has 3 N–H and O–H groups in total. The second kappa shape index (κ2) is 10.6. The number of aliphatic hydroxyl groups is 1. The highest BCUT2D eigenvalue weighted by atomic mass is 16.5. The van der Waals surface area contributed by atoms with Crippen LogP contribution in [-0.2, 0) is 6.42 Å². The zero-order chi connectivity index (χ0) is 17.0. The van der Waals surface area contributed by atoms with Crippen molar-refractivity contribution in [3.63, 3.8) is 0 Å². The number of ether oxygens (including phenoxy) is 1. The van der Waals surface area contributed by atoms with E-state index >= 15 is 0 Å². The number of aliphatic hydroxyl groups excluding tert-OH is 1. The summed E-state index contributed by atoms with van der Waals surface area (Å²) in [7, 11) is 0. The largest absolute Gasteiger partial charge is 0.491 e. The Hall–Kier alpha value is -2.18. The lowest BCUT2D eigenvalue weighted by atomic mass is 10.2. The monoisotopic (exact) mass is 330 g/mol. The first-order valence-corrected chi connectivity index (χ1v) is 8.39. The Bertz CT molecular complexity index is 563. The van der Waals surface area contributed by atoms with E-state index < -0.39 is 6.10 Å². The lowest BCUT2D eigenvalue weighted by Gasteiger charge is -2.13. The van der Waals surface area contributed by atoms with E-state index in [2.05, 4.69) is 27.5 Å². The van der Waals surface area contributed by atoms with E-state index in [9.17, 15) is 5.11 Å². The maximum atomic E-state index is 9.88. The molecule has 0 amide bonds. The molecule has 0 spiro atoms. The molecule has 0 aliphatic heterocycles. The lowest BCUT2D eigenvalue weighted by molar-refractivity contribution is 0.107. The Morgan fingerprint density at radius 3 is 2.58 bits per heavy atom. The third-order valence-electron chi connectivity index (χ3n) is 3.39. The molecule has 0 bridgehead atoms. The van der Waals surface area contributed by atoms with Crippen molar-refractivity contribution in [3.05, 3.63) is 48.3 Å². The fourth-order valence-electron chi connectivity index (χ4n) is 2.16. The second-order valence-electron chi connectivity index (χ2n) is 5.57. The molecule has 1 atom stereocenters. The third kappa shape index (κ3) is 6.93. The maximum absolute atomic E-state index is 9.88. The maximum Gasteiger partial charge on any atom is 0.222 e. The summed E-state index contributed by atoms with van der Waals surface area (Å²) in [5, 5.41) is 16.2. The van der Waals surface area contributed by atoms with Crippen molar-refractivity contribution in [1.29, 1.82) is 0 Å². The minimum atomic E-state index is -0.546. The number of anilines is 1. The highest BCUT2D eigenvalue weighted by Crippen LogP contribution is 2.08. The Morgan fingerprint density at radius 2 is 1.88 bits per heavy atom. The molecule has 24 heavy (non-hydrogen) atoms. The SMILES string of the molecule is CCCc1cnc(NCCNC[C@H](O)COc2ccccc2)nc1. The summed E-state index contributed by atoms with van der Waals surface area (Å²) in [6, 6.07) is 9.48. The van der Waals surface area contributed by atoms with Crippen LogP contribution in [0.3, 0.4) is 0 Å². The third-order valence-corrected chi connectivity index (χ3v) is 3.39. The van der Waals surface area contributed by atoms with Crippen molar-refractivity contribution in [2.24, 2.45) is 0 Å². The van der Waals surface area contributed by atoms with Gasteiger partial charge < -0.3 is 20.5 Å².